The van der Waals surface area contributed by atoms with Crippen LogP contribution >= 0.6 is 0 Å². The normalized spacial score (nSPS) is 25.0. The average molecular weight is 471 g/mol. The first-order valence-corrected chi connectivity index (χ1v) is 12.9. The van der Waals surface area contributed by atoms with E-state index < -0.39 is 17.8 Å². The highest BCUT2D eigenvalue weighted by Crippen LogP contribution is 2.37. The van der Waals surface area contributed by atoms with E-state index in [1.54, 1.807) is 6.07 Å². The third-order valence-corrected chi connectivity index (χ3v) is 8.15. The fourth-order valence-electron chi connectivity index (χ4n) is 6.22. The van der Waals surface area contributed by atoms with Gasteiger partial charge in [-0.1, -0.05) is 19.3 Å². The van der Waals surface area contributed by atoms with Crippen molar-refractivity contribution in [3.05, 3.63) is 34.6 Å². The van der Waals surface area contributed by atoms with Gasteiger partial charge in [-0.25, -0.2) is 4.39 Å². The lowest BCUT2D eigenvalue weighted by Gasteiger charge is -2.34. The molecule has 0 bridgehead atoms. The lowest BCUT2D eigenvalue weighted by molar-refractivity contribution is -0.136. The van der Waals surface area contributed by atoms with E-state index in [4.69, 9.17) is 0 Å². The van der Waals surface area contributed by atoms with E-state index in [1.807, 2.05) is 0 Å². The van der Waals surface area contributed by atoms with Gasteiger partial charge in [0.05, 0.1) is 0 Å². The second kappa shape index (κ2) is 10.1. The largest absolute Gasteiger partial charge is 0.322 e. The van der Waals surface area contributed by atoms with E-state index >= 15 is 0 Å². The molecule has 4 aliphatic rings. The molecule has 1 aliphatic carbocycles. The molecule has 1 aromatic rings. The van der Waals surface area contributed by atoms with Crippen LogP contribution in [0.25, 0.3) is 0 Å². The summed E-state index contributed by atoms with van der Waals surface area (Å²) in [6.07, 6.45) is 9.03. The van der Waals surface area contributed by atoms with E-state index in [2.05, 4.69) is 15.5 Å². The molecular weight excluding hydrogens is 435 g/mol. The van der Waals surface area contributed by atoms with Crippen molar-refractivity contribution in [2.45, 2.75) is 82.3 Å². The van der Waals surface area contributed by atoms with Gasteiger partial charge < -0.3 is 15.1 Å². The molecule has 3 aliphatic heterocycles. The predicted octanol–water partition coefficient (Wildman–Crippen LogP) is 2.69. The summed E-state index contributed by atoms with van der Waals surface area (Å²) < 4.78 is 14.6. The van der Waals surface area contributed by atoms with Gasteiger partial charge in [-0.3, -0.25) is 19.7 Å². The van der Waals surface area contributed by atoms with Gasteiger partial charge in [-0.05, 0) is 74.4 Å². The van der Waals surface area contributed by atoms with Crippen molar-refractivity contribution in [2.75, 3.05) is 26.2 Å². The maximum absolute atomic E-state index is 14.6. The predicted molar refractivity (Wildman–Crippen MR) is 126 cm³/mol. The number of piperidine rings is 2. The molecule has 0 aromatic heterocycles. The number of carbonyl (C=O) groups is 3. The molecule has 3 amide bonds. The number of rotatable bonds is 6. The Morgan fingerprint density at radius 3 is 2.50 bits per heavy atom. The SMILES string of the molecule is O=C1CCC(N2Cc3c(cc(F)cc3C3CCN(CCNC4CCCCC4)CC3)C2=O)C(=O)N1. The Bertz CT molecular complexity index is 954. The second-order valence-electron chi connectivity index (χ2n) is 10.3. The van der Waals surface area contributed by atoms with Crippen molar-refractivity contribution in [3.8, 4) is 0 Å². The first kappa shape index (κ1) is 23.4. The van der Waals surface area contributed by atoms with Crippen molar-refractivity contribution >= 4 is 17.7 Å². The van der Waals surface area contributed by atoms with Crippen LogP contribution in [0.5, 0.6) is 0 Å². The zero-order chi connectivity index (χ0) is 23.7. The first-order chi connectivity index (χ1) is 16.5. The minimum absolute atomic E-state index is 0.210. The molecule has 1 atom stereocenters. The topological polar surface area (TPSA) is 81.8 Å². The second-order valence-corrected chi connectivity index (χ2v) is 10.3. The Balaban J connectivity index is 1.21. The molecule has 7 nitrogen and oxygen atoms in total. The zero-order valence-corrected chi connectivity index (χ0v) is 19.8. The standard InChI is InChI=1S/C26H35FN4O3/c27-18-14-20(17-8-11-30(12-9-17)13-10-28-19-4-2-1-3-5-19)22-16-31(26(34)21(22)15-18)23-6-7-24(32)29-25(23)33/h14-15,17,19,23,28H,1-13,16H2,(H,29,32,33). The molecule has 3 fully saturated rings. The molecule has 8 heteroatoms. The zero-order valence-electron chi connectivity index (χ0n) is 19.8. The Hall–Kier alpha value is -2.32. The fraction of sp³-hybridized carbons (Fsp3) is 0.654. The van der Waals surface area contributed by atoms with Crippen LogP contribution in [-0.2, 0) is 16.1 Å². The number of nitrogens with zero attached hydrogens (tertiary/aromatic N) is 2. The Morgan fingerprint density at radius 1 is 1.00 bits per heavy atom. The highest BCUT2D eigenvalue weighted by molar-refractivity contribution is 6.05. The molecule has 2 N–H and O–H groups in total. The van der Waals surface area contributed by atoms with E-state index in [9.17, 15) is 18.8 Å². The van der Waals surface area contributed by atoms with Crippen LogP contribution in [0.15, 0.2) is 12.1 Å². The van der Waals surface area contributed by atoms with E-state index in [1.165, 1.54) is 43.1 Å². The summed E-state index contributed by atoms with van der Waals surface area (Å²) in [4.78, 5) is 41.0. The molecule has 184 valence electrons. The summed E-state index contributed by atoms with van der Waals surface area (Å²) in [5.41, 5.74) is 2.14. The van der Waals surface area contributed by atoms with Crippen LogP contribution < -0.4 is 10.6 Å². The summed E-state index contributed by atoms with van der Waals surface area (Å²) >= 11 is 0. The van der Waals surface area contributed by atoms with Gasteiger partial charge in [0, 0.05) is 37.7 Å². The van der Waals surface area contributed by atoms with Gasteiger partial charge >= 0.3 is 0 Å². The summed E-state index contributed by atoms with van der Waals surface area (Å²) in [7, 11) is 0. The minimum atomic E-state index is -0.674. The number of carbonyl (C=O) groups excluding carboxylic acids is 3. The van der Waals surface area contributed by atoms with Gasteiger partial charge in [0.15, 0.2) is 0 Å². The van der Waals surface area contributed by atoms with Gasteiger partial charge in [0.25, 0.3) is 5.91 Å². The molecule has 0 radical (unpaired) electrons. The fourth-order valence-corrected chi connectivity index (χ4v) is 6.22. The summed E-state index contributed by atoms with van der Waals surface area (Å²) in [6, 6.07) is 2.89. The van der Waals surface area contributed by atoms with Gasteiger partial charge in [-0.2, -0.15) is 0 Å². The monoisotopic (exact) mass is 470 g/mol. The van der Waals surface area contributed by atoms with Crippen LogP contribution in [0.4, 0.5) is 4.39 Å². The number of benzene rings is 1. The molecular formula is C26H35FN4O3. The number of imide groups is 1. The van der Waals surface area contributed by atoms with Crippen molar-refractivity contribution in [1.29, 1.82) is 0 Å². The lowest BCUT2D eigenvalue weighted by Crippen LogP contribution is -2.52. The van der Waals surface area contributed by atoms with Crippen LogP contribution in [0.3, 0.4) is 0 Å². The van der Waals surface area contributed by atoms with Crippen molar-refractivity contribution in [1.82, 2.24) is 20.4 Å². The van der Waals surface area contributed by atoms with Crippen molar-refractivity contribution in [2.24, 2.45) is 0 Å². The molecule has 0 spiro atoms. The molecule has 1 saturated carbocycles. The number of halogens is 1. The molecule has 1 unspecified atom stereocenters. The number of hydrogen-bond acceptors (Lipinski definition) is 5. The third kappa shape index (κ3) is 4.89. The lowest BCUT2D eigenvalue weighted by atomic mass is 9.85. The Kier molecular flexibility index (Phi) is 6.97. The maximum Gasteiger partial charge on any atom is 0.255 e. The third-order valence-electron chi connectivity index (χ3n) is 8.15. The average Bonchev–Trinajstić information content (AvgIpc) is 3.16. The maximum atomic E-state index is 14.6. The number of likely N-dealkylation sites (tertiary alicyclic amines) is 1. The highest BCUT2D eigenvalue weighted by Gasteiger charge is 2.41. The van der Waals surface area contributed by atoms with Crippen LogP contribution in [0.1, 0.15) is 85.2 Å². The van der Waals surface area contributed by atoms with Crippen LogP contribution in [0, 0.1) is 5.82 Å². The van der Waals surface area contributed by atoms with Gasteiger partial charge in [-0.15, -0.1) is 0 Å². The van der Waals surface area contributed by atoms with E-state index in [-0.39, 0.29) is 24.2 Å². The van der Waals surface area contributed by atoms with Crippen molar-refractivity contribution < 1.29 is 18.8 Å². The number of hydrogen-bond donors (Lipinski definition) is 2. The molecule has 3 heterocycles. The first-order valence-electron chi connectivity index (χ1n) is 12.9. The van der Waals surface area contributed by atoms with Crippen molar-refractivity contribution in [3.63, 3.8) is 0 Å². The molecule has 2 saturated heterocycles. The quantitative estimate of drug-likeness (QED) is 0.625. The highest BCUT2D eigenvalue weighted by atomic mass is 19.1. The summed E-state index contributed by atoms with van der Waals surface area (Å²) in [6.45, 7) is 4.29. The number of fused-ring (bicyclic) bond motifs is 1. The molecule has 34 heavy (non-hydrogen) atoms. The van der Waals surface area contributed by atoms with E-state index in [0.717, 1.165) is 50.1 Å². The molecule has 1 aromatic carbocycles. The van der Waals surface area contributed by atoms with E-state index in [0.29, 0.717) is 24.6 Å². The number of nitrogens with one attached hydrogen (secondary N) is 2. The van der Waals surface area contributed by atoms with Crippen LogP contribution in [0.2, 0.25) is 0 Å². The number of amides is 3. The summed E-state index contributed by atoms with van der Waals surface area (Å²) in [5.74, 6) is -1.24. The Morgan fingerprint density at radius 2 is 1.76 bits per heavy atom. The Labute approximate surface area is 200 Å². The van der Waals surface area contributed by atoms with Gasteiger partial charge in [0.1, 0.15) is 11.9 Å². The molecule has 5 rings (SSSR count). The minimum Gasteiger partial charge on any atom is -0.322 e. The van der Waals surface area contributed by atoms with Gasteiger partial charge in [0.2, 0.25) is 11.8 Å². The summed E-state index contributed by atoms with van der Waals surface area (Å²) in [5, 5.41) is 6.04. The smallest absolute Gasteiger partial charge is 0.255 e. The van der Waals surface area contributed by atoms with Crippen LogP contribution in [-0.4, -0.2) is 65.8 Å².